The zero-order valence-electron chi connectivity index (χ0n) is 11.3. The molecule has 2 rings (SSSR count). The van der Waals surface area contributed by atoms with E-state index in [1.807, 2.05) is 20.0 Å². The first-order valence-corrected chi connectivity index (χ1v) is 6.14. The third kappa shape index (κ3) is 2.82. The minimum Gasteiger partial charge on any atom is -0.420 e. The Morgan fingerprint density at radius 1 is 1.42 bits per heavy atom. The number of hydrogen-bond donors (Lipinski definition) is 2. The van der Waals surface area contributed by atoms with Gasteiger partial charge in [0.1, 0.15) is 12.1 Å². The first kappa shape index (κ1) is 13.3. The molecule has 2 aromatic rings. The van der Waals surface area contributed by atoms with Crippen LogP contribution < -0.4 is 16.0 Å². The molecule has 0 atom stereocenters. The molecule has 0 aliphatic rings. The van der Waals surface area contributed by atoms with E-state index in [9.17, 15) is 0 Å². The lowest BCUT2D eigenvalue weighted by Gasteiger charge is -2.12. The van der Waals surface area contributed by atoms with E-state index < -0.39 is 0 Å². The Balaban J connectivity index is 2.36. The summed E-state index contributed by atoms with van der Waals surface area (Å²) in [5, 5.41) is 4.23. The highest BCUT2D eigenvalue weighted by Crippen LogP contribution is 2.27. The number of rotatable bonds is 5. The summed E-state index contributed by atoms with van der Waals surface area (Å²) < 4.78 is 7.48. The molecule has 0 saturated carbocycles. The van der Waals surface area contributed by atoms with Gasteiger partial charge in [0.25, 0.3) is 0 Å². The van der Waals surface area contributed by atoms with Gasteiger partial charge < -0.3 is 10.2 Å². The van der Waals surface area contributed by atoms with Crippen molar-refractivity contribution in [3.05, 3.63) is 23.7 Å². The minimum absolute atomic E-state index is 0.507. The van der Waals surface area contributed by atoms with Crippen LogP contribution in [0.5, 0.6) is 11.8 Å². The molecule has 19 heavy (non-hydrogen) atoms. The monoisotopic (exact) mass is 262 g/mol. The van der Waals surface area contributed by atoms with Crippen LogP contribution in [0, 0.1) is 6.92 Å². The summed E-state index contributed by atoms with van der Waals surface area (Å²) >= 11 is 0. The largest absolute Gasteiger partial charge is 0.420 e. The highest BCUT2D eigenvalue weighted by atomic mass is 16.5. The molecule has 0 amide bonds. The molecule has 0 bridgehead atoms. The smallest absolute Gasteiger partial charge is 0.229 e. The summed E-state index contributed by atoms with van der Waals surface area (Å²) in [6, 6.07) is 1.85. The van der Waals surface area contributed by atoms with Gasteiger partial charge in [0.05, 0.1) is 11.3 Å². The lowest BCUT2D eigenvalue weighted by atomic mass is 10.2. The number of hydrazine groups is 1. The number of hydrogen-bond acceptors (Lipinski definition) is 6. The number of ether oxygens (including phenoxy) is 1. The summed E-state index contributed by atoms with van der Waals surface area (Å²) in [6.45, 7) is 3.98. The highest BCUT2D eigenvalue weighted by Gasteiger charge is 2.14. The van der Waals surface area contributed by atoms with Crippen molar-refractivity contribution in [2.24, 2.45) is 12.9 Å². The van der Waals surface area contributed by atoms with Crippen molar-refractivity contribution in [2.75, 3.05) is 5.43 Å². The topological polar surface area (TPSA) is 90.9 Å². The van der Waals surface area contributed by atoms with Crippen LogP contribution in [-0.2, 0) is 13.5 Å². The van der Waals surface area contributed by atoms with Crippen molar-refractivity contribution in [2.45, 2.75) is 26.7 Å². The minimum atomic E-state index is 0.507. The fourth-order valence-electron chi connectivity index (χ4n) is 1.87. The highest BCUT2D eigenvalue weighted by molar-refractivity contribution is 5.48. The van der Waals surface area contributed by atoms with Crippen LogP contribution in [0.2, 0.25) is 0 Å². The van der Waals surface area contributed by atoms with Crippen LogP contribution in [0.1, 0.15) is 24.6 Å². The fourth-order valence-corrected chi connectivity index (χ4v) is 1.87. The number of anilines is 1. The molecule has 102 valence electrons. The van der Waals surface area contributed by atoms with Crippen LogP contribution in [0.15, 0.2) is 12.4 Å². The molecule has 0 fully saturated rings. The molecule has 0 spiro atoms. The number of nitrogens with two attached hydrogens (primary N) is 1. The van der Waals surface area contributed by atoms with Crippen LogP contribution >= 0.6 is 0 Å². The third-order valence-electron chi connectivity index (χ3n) is 2.70. The summed E-state index contributed by atoms with van der Waals surface area (Å²) in [5.74, 6) is 7.20. The Morgan fingerprint density at radius 2 is 2.21 bits per heavy atom. The summed E-state index contributed by atoms with van der Waals surface area (Å²) in [7, 11) is 1.82. The van der Waals surface area contributed by atoms with Crippen LogP contribution in [0.25, 0.3) is 0 Å². The summed E-state index contributed by atoms with van der Waals surface area (Å²) in [5.41, 5.74) is 4.33. The number of aryl methyl sites for hydroxylation is 2. The Hall–Kier alpha value is -2.15. The second-order valence-electron chi connectivity index (χ2n) is 4.25. The number of nitrogens with zero attached hydrogens (tertiary/aromatic N) is 4. The maximum atomic E-state index is 5.81. The standard InChI is InChI=1S/C12H18N6O/c1-4-5-9-11(16-13)14-7-15-12(9)19-10-6-8(2)17-18(10)3/h6-7H,4-5,13H2,1-3H3,(H,14,15,16). The molecule has 7 heteroatoms. The first-order valence-electron chi connectivity index (χ1n) is 6.14. The van der Waals surface area contributed by atoms with Crippen molar-refractivity contribution in [1.29, 1.82) is 0 Å². The van der Waals surface area contributed by atoms with Gasteiger partial charge in [-0.1, -0.05) is 13.3 Å². The normalized spacial score (nSPS) is 10.5. The molecule has 0 aliphatic carbocycles. The van der Waals surface area contributed by atoms with Gasteiger partial charge in [0.15, 0.2) is 0 Å². The number of nitrogen functional groups attached to an aromatic ring is 1. The zero-order valence-corrected chi connectivity index (χ0v) is 11.3. The van der Waals surface area contributed by atoms with Crippen molar-refractivity contribution in [3.8, 4) is 11.8 Å². The molecular weight excluding hydrogens is 244 g/mol. The lowest BCUT2D eigenvalue weighted by Crippen LogP contribution is -2.12. The summed E-state index contributed by atoms with van der Waals surface area (Å²) in [4.78, 5) is 8.28. The van der Waals surface area contributed by atoms with Crippen LogP contribution in [-0.4, -0.2) is 19.7 Å². The molecule has 0 radical (unpaired) electrons. The van der Waals surface area contributed by atoms with Crippen LogP contribution in [0.4, 0.5) is 5.82 Å². The molecule has 2 heterocycles. The first-order chi connectivity index (χ1) is 9.15. The van der Waals surface area contributed by atoms with Gasteiger partial charge in [-0.15, -0.1) is 0 Å². The van der Waals surface area contributed by atoms with E-state index >= 15 is 0 Å². The second-order valence-corrected chi connectivity index (χ2v) is 4.25. The average molecular weight is 262 g/mol. The maximum Gasteiger partial charge on any atom is 0.229 e. The zero-order chi connectivity index (χ0) is 13.8. The molecule has 3 N–H and O–H groups in total. The van der Waals surface area contributed by atoms with E-state index in [-0.39, 0.29) is 0 Å². The Morgan fingerprint density at radius 3 is 2.79 bits per heavy atom. The molecule has 0 aliphatic heterocycles. The molecule has 0 saturated heterocycles. The number of nitrogens with one attached hydrogen (secondary N) is 1. The van der Waals surface area contributed by atoms with Gasteiger partial charge in [-0.3, -0.25) is 0 Å². The molecule has 2 aromatic heterocycles. The Kier molecular flexibility index (Phi) is 3.96. The van der Waals surface area contributed by atoms with Crippen LogP contribution in [0.3, 0.4) is 0 Å². The maximum absolute atomic E-state index is 5.81. The third-order valence-corrected chi connectivity index (χ3v) is 2.70. The molecule has 0 aromatic carbocycles. The van der Waals surface area contributed by atoms with E-state index in [0.717, 1.165) is 24.1 Å². The van der Waals surface area contributed by atoms with Gasteiger partial charge in [0, 0.05) is 13.1 Å². The van der Waals surface area contributed by atoms with Crippen molar-refractivity contribution in [1.82, 2.24) is 19.7 Å². The fraction of sp³-hybridized carbons (Fsp3) is 0.417. The SMILES string of the molecule is CCCc1c(NN)ncnc1Oc1cc(C)nn1C. The quantitative estimate of drug-likeness (QED) is 0.627. The van der Waals surface area contributed by atoms with E-state index in [1.165, 1.54) is 6.33 Å². The Bertz CT molecular complexity index is 565. The van der Waals surface area contributed by atoms with Gasteiger partial charge in [-0.2, -0.15) is 5.10 Å². The second kappa shape index (κ2) is 5.66. The van der Waals surface area contributed by atoms with E-state index in [0.29, 0.717) is 17.6 Å². The van der Waals surface area contributed by atoms with E-state index in [1.54, 1.807) is 4.68 Å². The molecule has 0 unspecified atom stereocenters. The van der Waals surface area contributed by atoms with Crippen molar-refractivity contribution >= 4 is 5.82 Å². The van der Waals surface area contributed by atoms with Crippen molar-refractivity contribution in [3.63, 3.8) is 0 Å². The Labute approximate surface area is 111 Å². The van der Waals surface area contributed by atoms with Gasteiger partial charge in [-0.25, -0.2) is 20.5 Å². The lowest BCUT2D eigenvalue weighted by molar-refractivity contribution is 0.409. The van der Waals surface area contributed by atoms with Crippen molar-refractivity contribution < 1.29 is 4.74 Å². The molecule has 7 nitrogen and oxygen atoms in total. The predicted molar refractivity (Wildman–Crippen MR) is 71.9 cm³/mol. The van der Waals surface area contributed by atoms with Gasteiger partial charge in [-0.05, 0) is 13.3 Å². The van der Waals surface area contributed by atoms with Gasteiger partial charge in [0.2, 0.25) is 11.8 Å². The van der Waals surface area contributed by atoms with E-state index in [4.69, 9.17) is 10.6 Å². The molecular formula is C12H18N6O. The van der Waals surface area contributed by atoms with E-state index in [2.05, 4.69) is 27.4 Å². The summed E-state index contributed by atoms with van der Waals surface area (Å²) in [6.07, 6.45) is 3.16. The average Bonchev–Trinajstić information content (AvgIpc) is 2.70. The number of aromatic nitrogens is 4. The van der Waals surface area contributed by atoms with Gasteiger partial charge >= 0.3 is 0 Å². The predicted octanol–water partition coefficient (Wildman–Crippen LogP) is 1.55.